The molecule has 0 saturated heterocycles. The highest BCUT2D eigenvalue weighted by Gasteiger charge is 2.22. The number of benzene rings is 2. The predicted molar refractivity (Wildman–Crippen MR) is 77.8 cm³/mol. The van der Waals surface area contributed by atoms with Crippen molar-refractivity contribution in [3.8, 4) is 0 Å². The molecule has 0 atom stereocenters. The van der Waals surface area contributed by atoms with E-state index < -0.39 is 0 Å². The van der Waals surface area contributed by atoms with Gasteiger partial charge in [-0.1, -0.05) is 36.4 Å². The Kier molecular flexibility index (Phi) is 3.44. The maximum absolute atomic E-state index is 11.3. The van der Waals surface area contributed by atoms with E-state index in [1.54, 1.807) is 11.0 Å². The third-order valence-corrected chi connectivity index (χ3v) is 3.60. The van der Waals surface area contributed by atoms with Crippen molar-refractivity contribution in [3.05, 3.63) is 70.8 Å². The molecule has 21 heavy (non-hydrogen) atoms. The fourth-order valence-electron chi connectivity index (χ4n) is 2.47. The number of carbonyl (C=O) groups excluding carboxylic acids is 2. The zero-order valence-corrected chi connectivity index (χ0v) is 11.7. The molecule has 4 rings (SSSR count). The van der Waals surface area contributed by atoms with Crippen molar-refractivity contribution in [1.29, 1.82) is 0 Å². The maximum atomic E-state index is 11.3. The second kappa shape index (κ2) is 5.40. The number of esters is 1. The van der Waals surface area contributed by atoms with Gasteiger partial charge in [-0.3, -0.25) is 4.79 Å². The van der Waals surface area contributed by atoms with Gasteiger partial charge in [0.15, 0.2) is 0 Å². The number of nitrogens with zero attached hydrogens (tertiary/aromatic N) is 1. The average molecular weight is 281 g/mol. The normalized spacial score (nSPS) is 15.0. The van der Waals surface area contributed by atoms with Crippen LogP contribution < -0.4 is 0 Å². The molecule has 2 aromatic rings. The van der Waals surface area contributed by atoms with E-state index in [0.717, 1.165) is 23.2 Å². The molecule has 0 fully saturated rings. The minimum Gasteiger partial charge on any atom is -0.457 e. The van der Waals surface area contributed by atoms with Crippen LogP contribution in [0, 0.1) is 0 Å². The molecule has 4 nitrogen and oxygen atoms in total. The fourth-order valence-corrected chi connectivity index (χ4v) is 2.47. The Morgan fingerprint density at radius 1 is 0.905 bits per heavy atom. The van der Waals surface area contributed by atoms with Crippen LogP contribution in [-0.4, -0.2) is 23.8 Å². The van der Waals surface area contributed by atoms with Gasteiger partial charge >= 0.3 is 5.97 Å². The first-order chi connectivity index (χ1) is 10.2. The molecule has 2 aromatic carbocycles. The highest BCUT2D eigenvalue weighted by molar-refractivity contribution is 5.98. The van der Waals surface area contributed by atoms with Crippen LogP contribution in [0.25, 0.3) is 0 Å². The molecule has 0 unspecified atom stereocenters. The molecule has 2 heterocycles. The van der Waals surface area contributed by atoms with Crippen molar-refractivity contribution in [2.75, 3.05) is 7.05 Å². The van der Waals surface area contributed by atoms with Gasteiger partial charge in [0.05, 0.1) is 5.56 Å². The molecular formula is C17H15NO3. The smallest absolute Gasteiger partial charge is 0.338 e. The Bertz CT molecular complexity index is 709. The minimum atomic E-state index is -0.199. The summed E-state index contributed by atoms with van der Waals surface area (Å²) in [6.07, 6.45) is 0. The summed E-state index contributed by atoms with van der Waals surface area (Å²) in [7, 11) is 1.82. The van der Waals surface area contributed by atoms with Crippen molar-refractivity contribution in [1.82, 2.24) is 4.90 Å². The average Bonchev–Trinajstić information content (AvgIpc) is 3.02. The lowest BCUT2D eigenvalue weighted by Gasteiger charge is -2.04. The first-order valence-corrected chi connectivity index (χ1v) is 6.75. The van der Waals surface area contributed by atoms with Gasteiger partial charge in [0.2, 0.25) is 0 Å². The largest absolute Gasteiger partial charge is 0.457 e. The van der Waals surface area contributed by atoms with Gasteiger partial charge in [-0.15, -0.1) is 0 Å². The molecule has 1 amide bonds. The van der Waals surface area contributed by atoms with E-state index in [4.69, 9.17) is 4.74 Å². The molecule has 0 radical (unpaired) electrons. The summed E-state index contributed by atoms with van der Waals surface area (Å²) in [6, 6.07) is 15.2. The maximum Gasteiger partial charge on any atom is 0.338 e. The van der Waals surface area contributed by atoms with Gasteiger partial charge in [0.1, 0.15) is 6.61 Å². The fraction of sp³-hybridized carbons (Fsp3) is 0.176. The monoisotopic (exact) mass is 281 g/mol. The van der Waals surface area contributed by atoms with E-state index in [2.05, 4.69) is 0 Å². The summed E-state index contributed by atoms with van der Waals surface area (Å²) in [6.45, 7) is 1.20. The van der Waals surface area contributed by atoms with Crippen LogP contribution in [0.15, 0.2) is 48.5 Å². The van der Waals surface area contributed by atoms with Gasteiger partial charge in [0.25, 0.3) is 5.91 Å². The zero-order chi connectivity index (χ0) is 14.8. The van der Waals surface area contributed by atoms with E-state index >= 15 is 0 Å². The minimum absolute atomic E-state index is 0.139. The number of hydrogen-bond acceptors (Lipinski definition) is 3. The highest BCUT2D eigenvalue weighted by atomic mass is 16.5. The van der Waals surface area contributed by atoms with Gasteiger partial charge in [0, 0.05) is 24.7 Å². The topological polar surface area (TPSA) is 46.6 Å². The third-order valence-electron chi connectivity index (χ3n) is 3.60. The van der Waals surface area contributed by atoms with Crippen LogP contribution in [0.1, 0.15) is 31.8 Å². The lowest BCUT2D eigenvalue weighted by molar-refractivity contribution is 0.0535. The SMILES string of the molecule is CN1Cc2ccccc2C1=O.O=C1OCc2ccccc21. The van der Waals surface area contributed by atoms with Crippen molar-refractivity contribution >= 4 is 11.9 Å². The highest BCUT2D eigenvalue weighted by Crippen LogP contribution is 2.20. The Labute approximate surface area is 123 Å². The van der Waals surface area contributed by atoms with E-state index in [-0.39, 0.29) is 11.9 Å². The Morgan fingerprint density at radius 2 is 1.52 bits per heavy atom. The van der Waals surface area contributed by atoms with E-state index in [9.17, 15) is 9.59 Å². The molecule has 0 bridgehead atoms. The van der Waals surface area contributed by atoms with Gasteiger partial charge in [-0.05, 0) is 17.7 Å². The van der Waals surface area contributed by atoms with E-state index in [1.807, 2.05) is 49.5 Å². The van der Waals surface area contributed by atoms with Gasteiger partial charge in [-0.2, -0.15) is 0 Å². The number of hydrogen-bond donors (Lipinski definition) is 0. The summed E-state index contributed by atoms with van der Waals surface area (Å²) in [4.78, 5) is 23.9. The van der Waals surface area contributed by atoms with Crippen molar-refractivity contribution in [2.24, 2.45) is 0 Å². The predicted octanol–water partition coefficient (Wildman–Crippen LogP) is 2.63. The van der Waals surface area contributed by atoms with Gasteiger partial charge < -0.3 is 9.64 Å². The molecule has 0 aliphatic carbocycles. The Hall–Kier alpha value is -2.62. The summed E-state index contributed by atoms with van der Waals surface area (Å²) in [5, 5.41) is 0. The third kappa shape index (κ3) is 2.52. The molecule has 0 aromatic heterocycles. The Morgan fingerprint density at radius 3 is 2.19 bits per heavy atom. The molecule has 0 spiro atoms. The quantitative estimate of drug-likeness (QED) is 0.697. The number of ether oxygens (including phenoxy) is 1. The van der Waals surface area contributed by atoms with Crippen molar-refractivity contribution in [3.63, 3.8) is 0 Å². The zero-order valence-electron chi connectivity index (χ0n) is 11.7. The second-order valence-electron chi connectivity index (χ2n) is 5.05. The first kappa shape index (κ1) is 13.4. The van der Waals surface area contributed by atoms with Crippen LogP contribution >= 0.6 is 0 Å². The van der Waals surface area contributed by atoms with Crippen molar-refractivity contribution < 1.29 is 14.3 Å². The summed E-state index contributed by atoms with van der Waals surface area (Å²) >= 11 is 0. The summed E-state index contributed by atoms with van der Waals surface area (Å²) in [5.74, 6) is -0.0591. The molecule has 106 valence electrons. The molecule has 0 N–H and O–H groups in total. The molecule has 0 saturated carbocycles. The van der Waals surface area contributed by atoms with Crippen LogP contribution in [0.5, 0.6) is 0 Å². The van der Waals surface area contributed by atoms with Crippen LogP contribution in [0.2, 0.25) is 0 Å². The number of rotatable bonds is 0. The van der Waals surface area contributed by atoms with Crippen molar-refractivity contribution in [2.45, 2.75) is 13.2 Å². The lowest BCUT2D eigenvalue weighted by Crippen LogP contribution is -2.17. The lowest BCUT2D eigenvalue weighted by atomic mass is 10.1. The molecule has 2 aliphatic rings. The van der Waals surface area contributed by atoms with Crippen LogP contribution in [0.4, 0.5) is 0 Å². The standard InChI is InChI=1S/C9H9NO.C8H6O2/c1-10-6-7-4-2-3-5-8(7)9(10)11;9-8-7-4-2-1-3-6(7)5-10-8/h2-5H,6H2,1H3;1-4H,5H2. The summed E-state index contributed by atoms with van der Waals surface area (Å²) < 4.78 is 4.78. The molecule has 4 heteroatoms. The van der Waals surface area contributed by atoms with Crippen LogP contribution in [-0.2, 0) is 17.9 Å². The number of fused-ring (bicyclic) bond motifs is 2. The second-order valence-corrected chi connectivity index (χ2v) is 5.05. The molecule has 2 aliphatic heterocycles. The number of amides is 1. The molecular weight excluding hydrogens is 266 g/mol. The van der Waals surface area contributed by atoms with Crippen LogP contribution in [0.3, 0.4) is 0 Å². The summed E-state index contributed by atoms with van der Waals surface area (Å²) in [5.41, 5.74) is 3.70. The van der Waals surface area contributed by atoms with E-state index in [0.29, 0.717) is 12.2 Å². The first-order valence-electron chi connectivity index (χ1n) is 6.75. The van der Waals surface area contributed by atoms with Gasteiger partial charge in [-0.25, -0.2) is 4.79 Å². The Balaban J connectivity index is 0.000000126. The van der Waals surface area contributed by atoms with E-state index in [1.165, 1.54) is 0 Å². The number of cyclic esters (lactones) is 1. The number of carbonyl (C=O) groups is 2.